The van der Waals surface area contributed by atoms with Gasteiger partial charge in [-0.1, -0.05) is 30.3 Å². The highest BCUT2D eigenvalue weighted by Gasteiger charge is 2.27. The van der Waals surface area contributed by atoms with Crippen LogP contribution in [0.4, 0.5) is 27.6 Å². The summed E-state index contributed by atoms with van der Waals surface area (Å²) in [5, 5.41) is 3.11. The maximum atomic E-state index is 13.5. The molecule has 3 aromatic rings. The molecule has 0 aromatic heterocycles. The Morgan fingerprint density at radius 1 is 0.786 bits per heavy atom. The first kappa shape index (κ1) is 19.3. The highest BCUT2D eigenvalue weighted by atomic mass is 19.2. The van der Waals surface area contributed by atoms with E-state index in [1.54, 1.807) is 18.2 Å². The van der Waals surface area contributed by atoms with Gasteiger partial charge in [0.05, 0.1) is 5.56 Å². The number of benzene rings is 3. The Morgan fingerprint density at radius 2 is 1.36 bits per heavy atom. The van der Waals surface area contributed by atoms with E-state index in [9.17, 15) is 31.5 Å². The zero-order valence-electron chi connectivity index (χ0n) is 13.9. The molecular weight excluding hydrogens is 385 g/mol. The third kappa shape index (κ3) is 3.64. The molecule has 0 aliphatic rings. The second-order valence-corrected chi connectivity index (χ2v) is 5.63. The quantitative estimate of drug-likeness (QED) is 0.310. The molecule has 0 saturated heterocycles. The van der Waals surface area contributed by atoms with E-state index in [4.69, 9.17) is 4.74 Å². The lowest BCUT2D eigenvalue weighted by Gasteiger charge is -2.10. The van der Waals surface area contributed by atoms with Crippen LogP contribution in [0.3, 0.4) is 0 Å². The molecule has 0 aliphatic heterocycles. The summed E-state index contributed by atoms with van der Waals surface area (Å²) in [6.45, 7) is -0.995. The van der Waals surface area contributed by atoms with Gasteiger partial charge in [-0.2, -0.15) is 0 Å². The van der Waals surface area contributed by atoms with E-state index < -0.39 is 53.3 Å². The fraction of sp³-hybridized carbons (Fsp3) is 0.0526. The van der Waals surface area contributed by atoms with E-state index in [0.29, 0.717) is 0 Å². The first-order valence-corrected chi connectivity index (χ1v) is 7.76. The van der Waals surface area contributed by atoms with Crippen molar-refractivity contribution in [2.75, 3.05) is 11.9 Å². The minimum atomic E-state index is -2.35. The first-order valence-electron chi connectivity index (χ1n) is 7.76. The van der Waals surface area contributed by atoms with Crippen LogP contribution in [0.1, 0.15) is 10.4 Å². The highest BCUT2D eigenvalue weighted by Crippen LogP contribution is 2.27. The molecule has 0 spiro atoms. The summed E-state index contributed by atoms with van der Waals surface area (Å²) < 4.78 is 71.0. The lowest BCUT2D eigenvalue weighted by molar-refractivity contribution is -0.119. The van der Waals surface area contributed by atoms with Gasteiger partial charge in [-0.15, -0.1) is 0 Å². The molecule has 0 atom stereocenters. The van der Waals surface area contributed by atoms with Crippen molar-refractivity contribution >= 4 is 28.3 Å². The number of hydrogen-bond acceptors (Lipinski definition) is 3. The van der Waals surface area contributed by atoms with Crippen LogP contribution in [0, 0.1) is 29.1 Å². The van der Waals surface area contributed by atoms with E-state index in [1.807, 2.05) is 12.1 Å². The summed E-state index contributed by atoms with van der Waals surface area (Å²) in [6.07, 6.45) is 0. The molecule has 0 aliphatic carbocycles. The van der Waals surface area contributed by atoms with Gasteiger partial charge in [0, 0.05) is 0 Å². The van der Waals surface area contributed by atoms with Crippen molar-refractivity contribution in [2.24, 2.45) is 0 Å². The predicted octanol–water partition coefficient (Wildman–Crippen LogP) is 4.33. The van der Waals surface area contributed by atoms with Gasteiger partial charge in [-0.25, -0.2) is 26.7 Å². The van der Waals surface area contributed by atoms with Crippen molar-refractivity contribution < 1.29 is 36.3 Å². The molecule has 0 heterocycles. The summed E-state index contributed by atoms with van der Waals surface area (Å²) in [7, 11) is 0. The number of amides is 1. The van der Waals surface area contributed by atoms with Gasteiger partial charge in [-0.05, 0) is 22.9 Å². The van der Waals surface area contributed by atoms with Crippen molar-refractivity contribution in [1.82, 2.24) is 0 Å². The fourth-order valence-corrected chi connectivity index (χ4v) is 2.42. The number of hydrogen-bond donors (Lipinski definition) is 1. The second kappa shape index (κ2) is 7.63. The smallest absolute Gasteiger partial charge is 0.338 e. The molecule has 0 radical (unpaired) electrons. The molecule has 9 heteroatoms. The average Bonchev–Trinajstić information content (AvgIpc) is 2.71. The van der Waals surface area contributed by atoms with E-state index in [-0.39, 0.29) is 5.56 Å². The van der Waals surface area contributed by atoms with Gasteiger partial charge in [0.15, 0.2) is 29.9 Å². The highest BCUT2D eigenvalue weighted by molar-refractivity contribution is 5.98. The number of carbonyl (C=O) groups excluding carboxylic acids is 2. The fourth-order valence-electron chi connectivity index (χ4n) is 2.42. The molecule has 28 heavy (non-hydrogen) atoms. The van der Waals surface area contributed by atoms with E-state index >= 15 is 0 Å². The van der Waals surface area contributed by atoms with Crippen LogP contribution in [0.2, 0.25) is 0 Å². The van der Waals surface area contributed by atoms with E-state index in [0.717, 1.165) is 10.8 Å². The van der Waals surface area contributed by atoms with Crippen molar-refractivity contribution in [3.8, 4) is 0 Å². The molecule has 3 aromatic carbocycles. The van der Waals surface area contributed by atoms with Crippen LogP contribution in [-0.2, 0) is 9.53 Å². The SMILES string of the molecule is O=C(COC(=O)c1ccc2ccccc2c1)Nc1c(F)c(F)c(F)c(F)c1F. The summed E-state index contributed by atoms with van der Waals surface area (Å²) in [4.78, 5) is 23.7. The molecule has 0 fully saturated rings. The van der Waals surface area contributed by atoms with Crippen molar-refractivity contribution in [1.29, 1.82) is 0 Å². The van der Waals surface area contributed by atoms with Crippen LogP contribution in [-0.4, -0.2) is 18.5 Å². The molecule has 0 bridgehead atoms. The molecule has 3 rings (SSSR count). The molecule has 0 saturated carbocycles. The Bertz CT molecular complexity index is 1070. The Labute approximate surface area is 154 Å². The third-order valence-electron chi connectivity index (χ3n) is 3.79. The number of rotatable bonds is 4. The van der Waals surface area contributed by atoms with Crippen molar-refractivity contribution in [2.45, 2.75) is 0 Å². The summed E-state index contributed by atoms with van der Waals surface area (Å²) in [6, 6.07) is 11.8. The van der Waals surface area contributed by atoms with Gasteiger partial charge in [-0.3, -0.25) is 4.79 Å². The third-order valence-corrected chi connectivity index (χ3v) is 3.79. The normalized spacial score (nSPS) is 10.8. The number of esters is 1. The van der Waals surface area contributed by atoms with Gasteiger partial charge < -0.3 is 10.1 Å². The Kier molecular flexibility index (Phi) is 5.25. The minimum Gasteiger partial charge on any atom is -0.452 e. The first-order chi connectivity index (χ1) is 13.3. The standard InChI is InChI=1S/C19H10F5NO3/c20-13-14(21)16(23)18(17(24)15(13)22)25-12(26)8-28-19(27)11-6-5-9-3-1-2-4-10(9)7-11/h1-7H,8H2,(H,25,26). The van der Waals surface area contributed by atoms with Gasteiger partial charge in [0.25, 0.3) is 5.91 Å². The summed E-state index contributed by atoms with van der Waals surface area (Å²) >= 11 is 0. The van der Waals surface area contributed by atoms with Crippen LogP contribution < -0.4 is 5.32 Å². The largest absolute Gasteiger partial charge is 0.452 e. The summed E-state index contributed by atoms with van der Waals surface area (Å²) in [5.74, 6) is -13.4. The van der Waals surface area contributed by atoms with Crippen LogP contribution in [0.5, 0.6) is 0 Å². The lowest BCUT2D eigenvalue weighted by atomic mass is 10.1. The van der Waals surface area contributed by atoms with Crippen LogP contribution >= 0.6 is 0 Å². The monoisotopic (exact) mass is 395 g/mol. The van der Waals surface area contributed by atoms with Crippen LogP contribution in [0.15, 0.2) is 42.5 Å². The number of carbonyl (C=O) groups is 2. The minimum absolute atomic E-state index is 0.114. The van der Waals surface area contributed by atoms with Crippen molar-refractivity contribution in [3.05, 3.63) is 77.1 Å². The zero-order chi connectivity index (χ0) is 20.4. The molecule has 1 N–H and O–H groups in total. The van der Waals surface area contributed by atoms with Crippen molar-refractivity contribution in [3.63, 3.8) is 0 Å². The topological polar surface area (TPSA) is 55.4 Å². The molecule has 4 nitrogen and oxygen atoms in total. The van der Waals surface area contributed by atoms with Gasteiger partial charge in [0.1, 0.15) is 5.69 Å². The number of ether oxygens (including phenoxy) is 1. The van der Waals surface area contributed by atoms with Gasteiger partial charge in [0.2, 0.25) is 5.82 Å². The molecule has 0 unspecified atom stereocenters. The molecule has 1 amide bonds. The molecular formula is C19H10F5NO3. The summed E-state index contributed by atoms with van der Waals surface area (Å²) in [5.41, 5.74) is -1.41. The Balaban J connectivity index is 1.69. The van der Waals surface area contributed by atoms with E-state index in [2.05, 4.69) is 0 Å². The number of nitrogens with one attached hydrogen (secondary N) is 1. The van der Waals surface area contributed by atoms with Crippen LogP contribution in [0.25, 0.3) is 10.8 Å². The maximum Gasteiger partial charge on any atom is 0.338 e. The lowest BCUT2D eigenvalue weighted by Crippen LogP contribution is -2.23. The van der Waals surface area contributed by atoms with Gasteiger partial charge >= 0.3 is 5.97 Å². The van der Waals surface area contributed by atoms with E-state index in [1.165, 1.54) is 17.4 Å². The number of halogens is 5. The Morgan fingerprint density at radius 3 is 2.00 bits per heavy atom. The molecule has 144 valence electrons. The number of anilines is 1. The predicted molar refractivity (Wildman–Crippen MR) is 89.1 cm³/mol. The second-order valence-electron chi connectivity index (χ2n) is 5.63. The number of fused-ring (bicyclic) bond motifs is 1. The Hall–Kier alpha value is -3.49. The zero-order valence-corrected chi connectivity index (χ0v) is 13.9. The average molecular weight is 395 g/mol. The maximum absolute atomic E-state index is 13.5.